The number of hydrogen-bond acceptors (Lipinski definition) is 5. The number of halogens is 1. The number of furan rings is 2. The Kier molecular flexibility index (Phi) is 3.18. The van der Waals surface area contributed by atoms with Gasteiger partial charge in [0.2, 0.25) is 0 Å². The minimum atomic E-state index is 0.0221. The lowest BCUT2D eigenvalue weighted by Gasteiger charge is -2.03. The van der Waals surface area contributed by atoms with Crippen molar-refractivity contribution in [2.75, 3.05) is 5.73 Å². The highest BCUT2D eigenvalue weighted by molar-refractivity contribution is 6.35. The first-order chi connectivity index (χ1) is 11.5. The molecule has 0 unspecified atom stereocenters. The predicted octanol–water partition coefficient (Wildman–Crippen LogP) is 5.01. The Morgan fingerprint density at radius 3 is 2.38 bits per heavy atom. The molecule has 5 nitrogen and oxygen atoms in total. The molecular formula is C18H12ClNO4. The van der Waals surface area contributed by atoms with Crippen LogP contribution in [0.4, 0.5) is 5.88 Å². The summed E-state index contributed by atoms with van der Waals surface area (Å²) in [4.78, 5) is 0. The second-order valence-electron chi connectivity index (χ2n) is 5.36. The van der Waals surface area contributed by atoms with Crippen molar-refractivity contribution < 1.29 is 19.0 Å². The summed E-state index contributed by atoms with van der Waals surface area (Å²) >= 11 is 6.21. The molecule has 4 rings (SSSR count). The van der Waals surface area contributed by atoms with Gasteiger partial charge in [0.05, 0.1) is 11.3 Å². The van der Waals surface area contributed by atoms with Crippen LogP contribution in [0.5, 0.6) is 11.5 Å². The van der Waals surface area contributed by atoms with Crippen molar-refractivity contribution >= 4 is 28.5 Å². The summed E-state index contributed by atoms with van der Waals surface area (Å²) in [5.74, 6) is 0.923. The number of hydrogen-bond donors (Lipinski definition) is 3. The lowest BCUT2D eigenvalue weighted by Crippen LogP contribution is -1.86. The largest absolute Gasteiger partial charge is 0.508 e. The zero-order valence-electron chi connectivity index (χ0n) is 12.3. The van der Waals surface area contributed by atoms with Crippen molar-refractivity contribution in [3.63, 3.8) is 0 Å². The van der Waals surface area contributed by atoms with Gasteiger partial charge in [-0.15, -0.1) is 0 Å². The molecule has 0 saturated heterocycles. The lowest BCUT2D eigenvalue weighted by molar-refractivity contribution is 0.475. The average Bonchev–Trinajstić information content (AvgIpc) is 3.11. The van der Waals surface area contributed by atoms with E-state index in [0.717, 1.165) is 5.56 Å². The lowest BCUT2D eigenvalue weighted by atomic mass is 10.00. The fourth-order valence-electron chi connectivity index (χ4n) is 2.75. The molecule has 120 valence electrons. The number of anilines is 1. The van der Waals surface area contributed by atoms with Gasteiger partial charge >= 0.3 is 0 Å². The summed E-state index contributed by atoms with van der Waals surface area (Å²) in [5.41, 5.74) is 8.40. The molecule has 0 amide bonds. The maximum absolute atomic E-state index is 9.90. The fourth-order valence-corrected chi connectivity index (χ4v) is 3.01. The predicted molar refractivity (Wildman–Crippen MR) is 92.1 cm³/mol. The first-order valence-corrected chi connectivity index (χ1v) is 7.50. The van der Waals surface area contributed by atoms with Crippen molar-refractivity contribution in [1.82, 2.24) is 0 Å². The molecule has 0 saturated carbocycles. The smallest absolute Gasteiger partial charge is 0.198 e. The van der Waals surface area contributed by atoms with Crippen molar-refractivity contribution in [1.29, 1.82) is 0 Å². The number of phenolic OH excluding ortho intramolecular Hbond substituents is 2. The topological polar surface area (TPSA) is 92.8 Å². The standard InChI is InChI=1S/C18H12ClNO4/c19-14-8-11(22)7-13-15(12-5-6-23-18(12)20)16(24-17(13)14)9-1-3-10(21)4-2-9/h1-8,21-22H,20H2. The molecule has 2 aromatic carbocycles. The van der Waals surface area contributed by atoms with Crippen LogP contribution in [0.25, 0.3) is 33.4 Å². The Labute approximate surface area is 141 Å². The number of benzene rings is 2. The van der Waals surface area contributed by atoms with Crippen molar-refractivity contribution in [3.8, 4) is 33.9 Å². The van der Waals surface area contributed by atoms with Gasteiger partial charge in [-0.05, 0) is 36.4 Å². The number of nitrogen functional groups attached to an aromatic ring is 1. The minimum absolute atomic E-state index is 0.0221. The van der Waals surface area contributed by atoms with Gasteiger partial charge in [0.25, 0.3) is 0 Å². The van der Waals surface area contributed by atoms with Crippen LogP contribution < -0.4 is 5.73 Å². The van der Waals surface area contributed by atoms with E-state index in [4.69, 9.17) is 26.2 Å². The van der Waals surface area contributed by atoms with E-state index in [2.05, 4.69) is 0 Å². The van der Waals surface area contributed by atoms with Crippen LogP contribution in [0.1, 0.15) is 0 Å². The quantitative estimate of drug-likeness (QED) is 0.476. The maximum atomic E-state index is 9.90. The fraction of sp³-hybridized carbons (Fsp3) is 0. The molecule has 6 heteroatoms. The van der Waals surface area contributed by atoms with Gasteiger partial charge in [-0.25, -0.2) is 0 Å². The van der Waals surface area contributed by atoms with E-state index in [0.29, 0.717) is 32.9 Å². The number of nitrogens with two attached hydrogens (primary N) is 1. The molecule has 0 atom stereocenters. The average molecular weight is 342 g/mol. The molecule has 0 aliphatic carbocycles. The Hall–Kier alpha value is -3.05. The second kappa shape index (κ2) is 5.25. The first kappa shape index (κ1) is 14.5. The van der Waals surface area contributed by atoms with Crippen molar-refractivity contribution in [2.45, 2.75) is 0 Å². The molecule has 0 radical (unpaired) electrons. The molecular weight excluding hydrogens is 330 g/mol. The van der Waals surface area contributed by atoms with Crippen LogP contribution in [0, 0.1) is 0 Å². The molecule has 0 aliphatic rings. The highest BCUT2D eigenvalue weighted by atomic mass is 35.5. The Balaban J connectivity index is 2.11. The van der Waals surface area contributed by atoms with Crippen LogP contribution in [-0.4, -0.2) is 10.2 Å². The first-order valence-electron chi connectivity index (χ1n) is 7.12. The van der Waals surface area contributed by atoms with Gasteiger partial charge in [0.1, 0.15) is 17.3 Å². The zero-order valence-corrected chi connectivity index (χ0v) is 13.0. The van der Waals surface area contributed by atoms with Gasteiger partial charge in [0.15, 0.2) is 11.5 Å². The minimum Gasteiger partial charge on any atom is -0.508 e. The number of phenols is 2. The molecule has 2 aromatic heterocycles. The Morgan fingerprint density at radius 1 is 0.958 bits per heavy atom. The summed E-state index contributed by atoms with van der Waals surface area (Å²) in [6.07, 6.45) is 1.48. The monoisotopic (exact) mass is 341 g/mol. The molecule has 0 aliphatic heterocycles. The molecule has 4 N–H and O–H groups in total. The highest BCUT2D eigenvalue weighted by Crippen LogP contribution is 2.46. The number of aromatic hydroxyl groups is 2. The van der Waals surface area contributed by atoms with E-state index >= 15 is 0 Å². The van der Waals surface area contributed by atoms with Crippen molar-refractivity contribution in [3.05, 3.63) is 53.8 Å². The number of rotatable bonds is 2. The van der Waals surface area contributed by atoms with Gasteiger partial charge in [-0.3, -0.25) is 0 Å². The van der Waals surface area contributed by atoms with Crippen molar-refractivity contribution in [2.24, 2.45) is 0 Å². The van der Waals surface area contributed by atoms with E-state index in [-0.39, 0.29) is 17.4 Å². The van der Waals surface area contributed by atoms with Gasteiger partial charge < -0.3 is 24.8 Å². The van der Waals surface area contributed by atoms with Crippen LogP contribution in [0.2, 0.25) is 5.02 Å². The summed E-state index contributed by atoms with van der Waals surface area (Å²) in [7, 11) is 0. The molecule has 0 bridgehead atoms. The summed E-state index contributed by atoms with van der Waals surface area (Å²) in [5, 5.41) is 20.3. The summed E-state index contributed by atoms with van der Waals surface area (Å²) in [6.45, 7) is 0. The molecule has 4 aromatic rings. The molecule has 0 fully saturated rings. The third kappa shape index (κ3) is 2.18. The Bertz CT molecular complexity index is 1050. The van der Waals surface area contributed by atoms with E-state index in [9.17, 15) is 10.2 Å². The third-order valence-electron chi connectivity index (χ3n) is 3.82. The molecule has 24 heavy (non-hydrogen) atoms. The highest BCUT2D eigenvalue weighted by Gasteiger charge is 2.22. The number of fused-ring (bicyclic) bond motifs is 1. The van der Waals surface area contributed by atoms with Gasteiger partial charge in [-0.2, -0.15) is 0 Å². The second-order valence-corrected chi connectivity index (χ2v) is 5.76. The van der Waals surface area contributed by atoms with E-state index in [1.807, 2.05) is 0 Å². The summed E-state index contributed by atoms with van der Waals surface area (Å²) < 4.78 is 11.2. The van der Waals surface area contributed by atoms with E-state index in [1.165, 1.54) is 12.3 Å². The van der Waals surface area contributed by atoms with Crippen LogP contribution in [-0.2, 0) is 0 Å². The van der Waals surface area contributed by atoms with Crippen LogP contribution in [0.3, 0.4) is 0 Å². The summed E-state index contributed by atoms with van der Waals surface area (Å²) in [6, 6.07) is 11.3. The van der Waals surface area contributed by atoms with Gasteiger partial charge in [-0.1, -0.05) is 11.6 Å². The van der Waals surface area contributed by atoms with Crippen LogP contribution >= 0.6 is 11.6 Å². The normalized spacial score (nSPS) is 11.2. The molecule has 2 heterocycles. The van der Waals surface area contributed by atoms with Crippen LogP contribution in [0.15, 0.2) is 57.6 Å². The zero-order chi connectivity index (χ0) is 16.8. The van der Waals surface area contributed by atoms with E-state index < -0.39 is 0 Å². The maximum Gasteiger partial charge on any atom is 0.198 e. The molecule has 0 spiro atoms. The Morgan fingerprint density at radius 2 is 1.71 bits per heavy atom. The van der Waals surface area contributed by atoms with Gasteiger partial charge in [0, 0.05) is 28.1 Å². The van der Waals surface area contributed by atoms with E-state index in [1.54, 1.807) is 36.4 Å². The SMILES string of the molecule is Nc1occc1-c1c(-c2ccc(O)cc2)oc2c(Cl)cc(O)cc12. The third-order valence-corrected chi connectivity index (χ3v) is 4.10.